The number of nitrogens with zero attached hydrogens (tertiary/aromatic N) is 1. The van der Waals surface area contributed by atoms with Crippen LogP contribution in [0.25, 0.3) is 0 Å². The molecule has 106 valence electrons. The summed E-state index contributed by atoms with van der Waals surface area (Å²) in [7, 11) is 0. The Kier molecular flexibility index (Phi) is 6.13. The molecule has 2 N–H and O–H groups in total. The highest BCUT2D eigenvalue weighted by Gasteiger charge is 2.29. The van der Waals surface area contributed by atoms with Crippen LogP contribution in [0.3, 0.4) is 0 Å². The molecule has 1 heterocycles. The van der Waals surface area contributed by atoms with Crippen molar-refractivity contribution in [1.29, 1.82) is 0 Å². The van der Waals surface area contributed by atoms with Crippen LogP contribution < -0.4 is 5.73 Å². The van der Waals surface area contributed by atoms with Gasteiger partial charge in [-0.15, -0.1) is 0 Å². The molecule has 0 aliphatic carbocycles. The Labute approximate surface area is 112 Å². The smallest absolute Gasteiger partial charge is 0.222 e. The van der Waals surface area contributed by atoms with Crippen molar-refractivity contribution in [2.24, 2.45) is 17.1 Å². The van der Waals surface area contributed by atoms with Crippen LogP contribution in [-0.2, 0) is 4.79 Å². The highest BCUT2D eigenvalue weighted by atomic mass is 16.2. The van der Waals surface area contributed by atoms with E-state index in [9.17, 15) is 4.79 Å². The van der Waals surface area contributed by atoms with E-state index in [2.05, 4.69) is 25.7 Å². The molecule has 3 heteroatoms. The molecule has 1 aliphatic heterocycles. The quantitative estimate of drug-likeness (QED) is 0.792. The molecule has 0 spiro atoms. The van der Waals surface area contributed by atoms with Crippen molar-refractivity contribution in [2.75, 3.05) is 19.6 Å². The molecule has 18 heavy (non-hydrogen) atoms. The van der Waals surface area contributed by atoms with Gasteiger partial charge in [-0.25, -0.2) is 0 Å². The number of carbonyl (C=O) groups is 1. The van der Waals surface area contributed by atoms with Crippen molar-refractivity contribution < 1.29 is 4.79 Å². The monoisotopic (exact) mass is 254 g/mol. The number of carbonyl (C=O) groups excluding carboxylic acids is 1. The van der Waals surface area contributed by atoms with Crippen molar-refractivity contribution in [2.45, 2.75) is 59.3 Å². The van der Waals surface area contributed by atoms with Gasteiger partial charge < -0.3 is 10.6 Å². The van der Waals surface area contributed by atoms with Gasteiger partial charge in [0.1, 0.15) is 0 Å². The van der Waals surface area contributed by atoms with Gasteiger partial charge >= 0.3 is 0 Å². The van der Waals surface area contributed by atoms with Crippen LogP contribution in [0.1, 0.15) is 59.3 Å². The lowest BCUT2D eigenvalue weighted by molar-refractivity contribution is -0.133. The standard InChI is InChI=1S/C15H30N2O/c1-4-15(3)8-11-17(12-9-15)14(18)6-5-13(2)7-10-16/h13H,4-12,16H2,1-3H3. The molecule has 1 atom stereocenters. The summed E-state index contributed by atoms with van der Waals surface area (Å²) in [5, 5.41) is 0. The van der Waals surface area contributed by atoms with Gasteiger partial charge in [0.05, 0.1) is 0 Å². The van der Waals surface area contributed by atoms with Crippen LogP contribution in [0.2, 0.25) is 0 Å². The summed E-state index contributed by atoms with van der Waals surface area (Å²) in [6, 6.07) is 0. The number of likely N-dealkylation sites (tertiary alicyclic amines) is 1. The van der Waals surface area contributed by atoms with Crippen molar-refractivity contribution in [3.8, 4) is 0 Å². The van der Waals surface area contributed by atoms with E-state index in [-0.39, 0.29) is 0 Å². The third kappa shape index (κ3) is 4.60. The molecule has 0 aromatic carbocycles. The predicted molar refractivity (Wildman–Crippen MR) is 76.3 cm³/mol. The fraction of sp³-hybridized carbons (Fsp3) is 0.933. The minimum absolute atomic E-state index is 0.344. The average Bonchev–Trinajstić information content (AvgIpc) is 2.37. The van der Waals surface area contributed by atoms with E-state index >= 15 is 0 Å². The fourth-order valence-electron chi connectivity index (χ4n) is 2.61. The highest BCUT2D eigenvalue weighted by Crippen LogP contribution is 2.34. The molecule has 1 unspecified atom stereocenters. The molecular weight excluding hydrogens is 224 g/mol. The third-order valence-corrected chi connectivity index (χ3v) is 4.69. The molecule has 1 fully saturated rings. The summed E-state index contributed by atoms with van der Waals surface area (Å²) in [4.78, 5) is 14.2. The lowest BCUT2D eigenvalue weighted by Gasteiger charge is -2.39. The van der Waals surface area contributed by atoms with Crippen LogP contribution in [0.15, 0.2) is 0 Å². The molecule has 0 aromatic heterocycles. The summed E-state index contributed by atoms with van der Waals surface area (Å²) in [5.74, 6) is 0.918. The molecule has 1 amide bonds. The fourth-order valence-corrected chi connectivity index (χ4v) is 2.61. The Hall–Kier alpha value is -0.570. The minimum Gasteiger partial charge on any atom is -0.343 e. The topological polar surface area (TPSA) is 46.3 Å². The zero-order valence-electron chi connectivity index (χ0n) is 12.4. The first-order valence-electron chi connectivity index (χ1n) is 7.48. The van der Waals surface area contributed by atoms with E-state index in [1.54, 1.807) is 0 Å². The average molecular weight is 254 g/mol. The maximum absolute atomic E-state index is 12.1. The van der Waals surface area contributed by atoms with Crippen LogP contribution in [0, 0.1) is 11.3 Å². The minimum atomic E-state index is 0.344. The summed E-state index contributed by atoms with van der Waals surface area (Å²) >= 11 is 0. The maximum Gasteiger partial charge on any atom is 0.222 e. The van der Waals surface area contributed by atoms with Crippen molar-refractivity contribution in [1.82, 2.24) is 4.90 Å². The first-order valence-corrected chi connectivity index (χ1v) is 7.48. The number of rotatable bonds is 6. The predicted octanol–water partition coefficient (Wildman–Crippen LogP) is 2.79. The molecular formula is C15H30N2O. The lowest BCUT2D eigenvalue weighted by atomic mass is 9.78. The van der Waals surface area contributed by atoms with Gasteiger partial charge in [0.25, 0.3) is 0 Å². The summed E-state index contributed by atoms with van der Waals surface area (Å²) in [6.07, 6.45) is 6.26. The van der Waals surface area contributed by atoms with Gasteiger partial charge in [-0.3, -0.25) is 4.79 Å². The molecule has 0 bridgehead atoms. The molecule has 0 saturated carbocycles. The second-order valence-corrected chi connectivity index (χ2v) is 6.27. The number of amides is 1. The Morgan fingerprint density at radius 2 is 1.94 bits per heavy atom. The SMILES string of the molecule is CCC1(C)CCN(C(=O)CCC(C)CCN)CC1. The number of hydrogen-bond acceptors (Lipinski definition) is 2. The summed E-state index contributed by atoms with van der Waals surface area (Å²) in [5.41, 5.74) is 5.99. The Bertz CT molecular complexity index is 257. The van der Waals surface area contributed by atoms with Crippen LogP contribution in [0.4, 0.5) is 0 Å². The first kappa shape index (κ1) is 15.5. The van der Waals surface area contributed by atoms with E-state index in [0.29, 0.717) is 23.7 Å². The normalized spacial score (nSPS) is 20.8. The Morgan fingerprint density at radius 3 is 2.44 bits per heavy atom. The van der Waals surface area contributed by atoms with E-state index in [1.165, 1.54) is 6.42 Å². The molecule has 0 radical (unpaired) electrons. The van der Waals surface area contributed by atoms with Crippen LogP contribution in [0.5, 0.6) is 0 Å². The molecule has 1 aliphatic rings. The zero-order valence-corrected chi connectivity index (χ0v) is 12.4. The first-order chi connectivity index (χ1) is 8.50. The Balaban J connectivity index is 2.28. The largest absolute Gasteiger partial charge is 0.343 e. The van der Waals surface area contributed by atoms with Crippen molar-refractivity contribution in [3.63, 3.8) is 0 Å². The number of piperidine rings is 1. The van der Waals surface area contributed by atoms with Gasteiger partial charge in [-0.05, 0) is 43.6 Å². The zero-order chi connectivity index (χ0) is 13.6. The molecule has 1 saturated heterocycles. The van der Waals surface area contributed by atoms with Crippen LogP contribution in [-0.4, -0.2) is 30.4 Å². The molecule has 3 nitrogen and oxygen atoms in total. The van der Waals surface area contributed by atoms with Crippen LogP contribution >= 0.6 is 0 Å². The maximum atomic E-state index is 12.1. The second kappa shape index (κ2) is 7.13. The van der Waals surface area contributed by atoms with E-state index in [0.717, 1.165) is 45.3 Å². The van der Waals surface area contributed by atoms with Gasteiger partial charge in [0, 0.05) is 19.5 Å². The van der Waals surface area contributed by atoms with Crippen molar-refractivity contribution >= 4 is 5.91 Å². The third-order valence-electron chi connectivity index (χ3n) is 4.69. The summed E-state index contributed by atoms with van der Waals surface area (Å²) < 4.78 is 0. The second-order valence-electron chi connectivity index (χ2n) is 6.27. The molecule has 1 rings (SSSR count). The van der Waals surface area contributed by atoms with Gasteiger partial charge in [-0.1, -0.05) is 27.2 Å². The summed E-state index contributed by atoms with van der Waals surface area (Å²) in [6.45, 7) is 9.42. The number of nitrogens with two attached hydrogens (primary N) is 1. The Morgan fingerprint density at radius 1 is 1.33 bits per heavy atom. The van der Waals surface area contributed by atoms with E-state index in [4.69, 9.17) is 5.73 Å². The number of hydrogen-bond donors (Lipinski definition) is 1. The van der Waals surface area contributed by atoms with Gasteiger partial charge in [0.2, 0.25) is 5.91 Å². The van der Waals surface area contributed by atoms with Gasteiger partial charge in [0.15, 0.2) is 0 Å². The van der Waals surface area contributed by atoms with Crippen molar-refractivity contribution in [3.05, 3.63) is 0 Å². The van der Waals surface area contributed by atoms with E-state index < -0.39 is 0 Å². The highest BCUT2D eigenvalue weighted by molar-refractivity contribution is 5.76. The molecule has 0 aromatic rings. The van der Waals surface area contributed by atoms with Gasteiger partial charge in [-0.2, -0.15) is 0 Å². The van der Waals surface area contributed by atoms with E-state index in [1.807, 2.05) is 0 Å². The lowest BCUT2D eigenvalue weighted by Crippen LogP contribution is -2.41.